The van der Waals surface area contributed by atoms with Crippen LogP contribution in [-0.4, -0.2) is 11.6 Å². The van der Waals surface area contributed by atoms with Gasteiger partial charge in [-0.2, -0.15) is 0 Å². The normalized spacial score (nSPS) is 19.0. The standard InChI is InChI=1S/C3H7O2P/c1-3-6(2,4)5/h3H,1H2,2H3,(H,4,5). The highest BCUT2D eigenvalue weighted by molar-refractivity contribution is 7.60. The number of hydrogen-bond donors (Lipinski definition) is 1. The quantitative estimate of drug-likeness (QED) is 0.507. The number of hydrogen-bond acceptors (Lipinski definition) is 1. The van der Waals surface area contributed by atoms with Gasteiger partial charge in [0.2, 0.25) is 7.37 Å². The third-order valence-corrected chi connectivity index (χ3v) is 1.02. The van der Waals surface area contributed by atoms with Gasteiger partial charge in [0.15, 0.2) is 0 Å². The molecule has 36 valence electrons. The Morgan fingerprint density at radius 1 is 2.00 bits per heavy atom. The molecule has 1 unspecified atom stereocenters. The van der Waals surface area contributed by atoms with E-state index in [4.69, 9.17) is 4.89 Å². The summed E-state index contributed by atoms with van der Waals surface area (Å²) < 4.78 is 10.0. The van der Waals surface area contributed by atoms with Crippen LogP contribution >= 0.6 is 7.37 Å². The predicted molar refractivity (Wildman–Crippen MR) is 25.9 cm³/mol. The fourth-order valence-electron chi connectivity index (χ4n) is 0. The van der Waals surface area contributed by atoms with E-state index in [-0.39, 0.29) is 0 Å². The van der Waals surface area contributed by atoms with Gasteiger partial charge in [0.1, 0.15) is 0 Å². The molecule has 6 heavy (non-hydrogen) atoms. The van der Waals surface area contributed by atoms with Crippen LogP contribution in [0.2, 0.25) is 0 Å². The van der Waals surface area contributed by atoms with E-state index in [2.05, 4.69) is 6.58 Å². The highest BCUT2D eigenvalue weighted by Gasteiger charge is 1.97. The summed E-state index contributed by atoms with van der Waals surface area (Å²) in [4.78, 5) is 8.26. The largest absolute Gasteiger partial charge is 0.342 e. The van der Waals surface area contributed by atoms with Crippen LogP contribution in [0.15, 0.2) is 12.4 Å². The lowest BCUT2D eigenvalue weighted by Crippen LogP contribution is -1.61. The molecule has 0 spiro atoms. The van der Waals surface area contributed by atoms with E-state index in [1.807, 2.05) is 0 Å². The molecule has 0 aliphatic rings. The monoisotopic (exact) mass is 106 g/mol. The van der Waals surface area contributed by atoms with Crippen LogP contribution in [0.25, 0.3) is 0 Å². The van der Waals surface area contributed by atoms with E-state index in [0.717, 1.165) is 5.82 Å². The van der Waals surface area contributed by atoms with Gasteiger partial charge in [-0.3, -0.25) is 4.57 Å². The molecule has 0 rings (SSSR count). The van der Waals surface area contributed by atoms with Gasteiger partial charge in [0.05, 0.1) is 0 Å². The molecule has 3 heteroatoms. The third kappa shape index (κ3) is 3.93. The van der Waals surface area contributed by atoms with Crippen LogP contribution in [0.1, 0.15) is 0 Å². The first kappa shape index (κ1) is 5.93. The average molecular weight is 106 g/mol. The summed E-state index contributed by atoms with van der Waals surface area (Å²) in [6.07, 6.45) is 0. The van der Waals surface area contributed by atoms with Crippen molar-refractivity contribution in [2.45, 2.75) is 0 Å². The van der Waals surface area contributed by atoms with Gasteiger partial charge < -0.3 is 4.89 Å². The van der Waals surface area contributed by atoms with Crippen molar-refractivity contribution in [1.29, 1.82) is 0 Å². The summed E-state index contributed by atoms with van der Waals surface area (Å²) in [6.45, 7) is 4.35. The molecule has 0 radical (unpaired) electrons. The van der Waals surface area contributed by atoms with Gasteiger partial charge in [-0.15, -0.1) is 0 Å². The van der Waals surface area contributed by atoms with E-state index in [0.29, 0.717) is 0 Å². The Kier molecular flexibility index (Phi) is 1.57. The summed E-state index contributed by atoms with van der Waals surface area (Å²) in [6, 6.07) is 0. The molecular weight excluding hydrogens is 99.0 g/mol. The van der Waals surface area contributed by atoms with Crippen LogP contribution in [0.4, 0.5) is 0 Å². The van der Waals surface area contributed by atoms with E-state index in [1.165, 1.54) is 6.66 Å². The maximum Gasteiger partial charge on any atom is 0.219 e. The molecule has 0 aromatic rings. The fraction of sp³-hybridized carbons (Fsp3) is 0.333. The fourth-order valence-corrected chi connectivity index (χ4v) is 0. The minimum atomic E-state index is -2.88. The molecule has 0 aromatic carbocycles. The summed E-state index contributed by atoms with van der Waals surface area (Å²) >= 11 is 0. The Morgan fingerprint density at radius 2 is 2.17 bits per heavy atom. The van der Waals surface area contributed by atoms with E-state index in [9.17, 15) is 4.57 Å². The topological polar surface area (TPSA) is 37.3 Å². The second kappa shape index (κ2) is 1.59. The van der Waals surface area contributed by atoms with E-state index >= 15 is 0 Å². The Labute approximate surface area is 37.0 Å². The zero-order valence-corrected chi connectivity index (χ0v) is 4.48. The van der Waals surface area contributed by atoms with E-state index in [1.54, 1.807) is 0 Å². The highest BCUT2D eigenvalue weighted by atomic mass is 31.2. The lowest BCUT2D eigenvalue weighted by Gasteiger charge is -1.89. The summed E-state index contributed by atoms with van der Waals surface area (Å²) in [5.74, 6) is 1.05. The molecular formula is C3H7O2P. The molecule has 0 aliphatic heterocycles. The van der Waals surface area contributed by atoms with Crippen molar-refractivity contribution in [1.82, 2.24) is 0 Å². The average Bonchev–Trinajstić information content (AvgIpc) is 1.35. The van der Waals surface area contributed by atoms with Gasteiger partial charge in [0.25, 0.3) is 0 Å². The molecule has 0 fully saturated rings. The second-order valence-corrected chi connectivity index (χ2v) is 3.38. The first-order chi connectivity index (χ1) is 2.56. The Hall–Kier alpha value is -0.0700. The van der Waals surface area contributed by atoms with Crippen LogP contribution < -0.4 is 0 Å². The first-order valence-corrected chi connectivity index (χ1v) is 3.67. The molecule has 0 amide bonds. The van der Waals surface area contributed by atoms with Crippen LogP contribution in [0.5, 0.6) is 0 Å². The van der Waals surface area contributed by atoms with Crippen LogP contribution in [0, 0.1) is 0 Å². The van der Waals surface area contributed by atoms with Gasteiger partial charge in [-0.05, 0) is 5.82 Å². The highest BCUT2D eigenvalue weighted by Crippen LogP contribution is 2.35. The third-order valence-electron chi connectivity index (χ3n) is 0.339. The molecule has 0 saturated heterocycles. The Balaban J connectivity index is 3.81. The van der Waals surface area contributed by atoms with Crippen molar-refractivity contribution in [3.8, 4) is 0 Å². The van der Waals surface area contributed by atoms with Crippen LogP contribution in [0.3, 0.4) is 0 Å². The first-order valence-electron chi connectivity index (χ1n) is 1.50. The smallest absolute Gasteiger partial charge is 0.219 e. The predicted octanol–water partition coefficient (Wildman–Crippen LogP) is 1.03. The minimum absolute atomic E-state index is 1.05. The molecule has 0 heterocycles. The van der Waals surface area contributed by atoms with Crippen molar-refractivity contribution in [3.63, 3.8) is 0 Å². The van der Waals surface area contributed by atoms with Crippen molar-refractivity contribution in [2.75, 3.05) is 6.66 Å². The molecule has 0 bridgehead atoms. The molecule has 0 aliphatic carbocycles. The SMILES string of the molecule is C=CP(C)(=O)O. The molecule has 2 nitrogen and oxygen atoms in total. The van der Waals surface area contributed by atoms with Crippen molar-refractivity contribution >= 4 is 7.37 Å². The maximum absolute atomic E-state index is 10.0. The Bertz CT molecular complexity index is 91.0. The van der Waals surface area contributed by atoms with Crippen LogP contribution in [-0.2, 0) is 4.57 Å². The molecule has 1 N–H and O–H groups in total. The van der Waals surface area contributed by atoms with Gasteiger partial charge >= 0.3 is 0 Å². The zero-order chi connectivity index (χ0) is 5.21. The van der Waals surface area contributed by atoms with Gasteiger partial charge in [-0.1, -0.05) is 6.58 Å². The van der Waals surface area contributed by atoms with Gasteiger partial charge in [-0.25, -0.2) is 0 Å². The molecule has 0 aromatic heterocycles. The van der Waals surface area contributed by atoms with Gasteiger partial charge in [0, 0.05) is 6.66 Å². The summed E-state index contributed by atoms with van der Waals surface area (Å²) in [5, 5.41) is 0. The number of rotatable bonds is 1. The van der Waals surface area contributed by atoms with Crippen molar-refractivity contribution in [3.05, 3.63) is 12.4 Å². The Morgan fingerprint density at radius 3 is 2.17 bits per heavy atom. The maximum atomic E-state index is 10.0. The second-order valence-electron chi connectivity index (χ2n) is 1.13. The molecule has 1 atom stereocenters. The summed E-state index contributed by atoms with van der Waals surface area (Å²) in [5.41, 5.74) is 0. The van der Waals surface area contributed by atoms with E-state index < -0.39 is 7.37 Å². The summed E-state index contributed by atoms with van der Waals surface area (Å²) in [7, 11) is -2.88. The minimum Gasteiger partial charge on any atom is -0.342 e. The lowest BCUT2D eigenvalue weighted by molar-refractivity contribution is 0.495. The lowest BCUT2D eigenvalue weighted by atomic mass is 11.3. The van der Waals surface area contributed by atoms with Crippen molar-refractivity contribution in [2.24, 2.45) is 0 Å². The molecule has 0 saturated carbocycles. The zero-order valence-electron chi connectivity index (χ0n) is 3.59. The van der Waals surface area contributed by atoms with Crippen molar-refractivity contribution < 1.29 is 9.46 Å².